The summed E-state index contributed by atoms with van der Waals surface area (Å²) in [5.74, 6) is 5.86. The predicted molar refractivity (Wildman–Crippen MR) is 111 cm³/mol. The Labute approximate surface area is 150 Å². The molecular weight excluding hydrogens is 292 g/mol. The second-order valence-corrected chi connectivity index (χ2v) is 8.54. The molecule has 2 atom stereocenters. The summed E-state index contributed by atoms with van der Waals surface area (Å²) in [5, 5.41) is 0. The molecule has 0 aliphatic heterocycles. The minimum absolute atomic E-state index is 0.871. The Morgan fingerprint density at radius 2 is 1.39 bits per heavy atom. The highest BCUT2D eigenvalue weighted by Crippen LogP contribution is 2.22. The van der Waals surface area contributed by atoms with Crippen LogP contribution >= 0.6 is 0 Å². The van der Waals surface area contributed by atoms with Crippen molar-refractivity contribution in [1.82, 2.24) is 0 Å². The fraction of sp³-hybridized carbons (Fsp3) is 0.818. The molecule has 23 heavy (non-hydrogen) atoms. The lowest BCUT2D eigenvalue weighted by atomic mass is 9.91. The molecule has 0 saturated heterocycles. The average Bonchev–Trinajstić information content (AvgIpc) is 2.47. The predicted octanol–water partition coefficient (Wildman–Crippen LogP) is 6.09. The fourth-order valence-electron chi connectivity index (χ4n) is 3.14. The van der Waals surface area contributed by atoms with E-state index in [0.717, 1.165) is 34.4 Å². The minimum Gasteiger partial charge on any atom is -0.143 e. The van der Waals surface area contributed by atoms with E-state index in [0.29, 0.717) is 0 Å². The van der Waals surface area contributed by atoms with Crippen LogP contribution < -0.4 is 0 Å². The van der Waals surface area contributed by atoms with Gasteiger partial charge in [0.05, 0.1) is 10.2 Å². The fourth-order valence-corrected chi connectivity index (χ4v) is 3.34. The summed E-state index contributed by atoms with van der Waals surface area (Å²) in [6.45, 7) is 11.8. The van der Waals surface area contributed by atoms with Crippen LogP contribution in [0.5, 0.6) is 0 Å². The van der Waals surface area contributed by atoms with Crippen molar-refractivity contribution in [2.75, 3.05) is 0 Å². The molecule has 0 rings (SSSR count). The van der Waals surface area contributed by atoms with Gasteiger partial charge >= 0.3 is 0 Å². The number of allylic oxidation sites excluding steroid dienone is 2. The van der Waals surface area contributed by atoms with Crippen molar-refractivity contribution in [3.05, 3.63) is 11.6 Å². The lowest BCUT2D eigenvalue weighted by Gasteiger charge is -2.15. The number of hydrogen-bond acceptors (Lipinski definition) is 0. The van der Waals surface area contributed by atoms with Gasteiger partial charge in [-0.3, -0.25) is 0 Å². The molecule has 0 aliphatic rings. The Kier molecular flexibility index (Phi) is 14.8. The van der Waals surface area contributed by atoms with Gasteiger partial charge in [0.1, 0.15) is 0 Å². The molecule has 0 fully saturated rings. The smallest absolute Gasteiger partial charge is 0.0906 e. The van der Waals surface area contributed by atoms with Crippen LogP contribution in [0.3, 0.4) is 0 Å². The normalized spacial score (nSPS) is 14.6. The molecule has 0 heterocycles. The molecule has 0 radical (unpaired) electrons. The van der Waals surface area contributed by atoms with E-state index >= 15 is 0 Å². The molecule has 0 aromatic heterocycles. The second-order valence-electron chi connectivity index (χ2n) is 8.04. The Bertz CT molecular complexity index is 356. The first-order valence-corrected chi connectivity index (χ1v) is 11.0. The summed E-state index contributed by atoms with van der Waals surface area (Å²) in [6.07, 6.45) is 15.8. The molecular formula is C22H42Si. The summed E-state index contributed by atoms with van der Waals surface area (Å²) >= 11 is 0. The van der Waals surface area contributed by atoms with E-state index in [4.69, 9.17) is 0 Å². The van der Waals surface area contributed by atoms with Crippen molar-refractivity contribution in [2.45, 2.75) is 98.8 Å². The van der Waals surface area contributed by atoms with Gasteiger partial charge in [0, 0.05) is 6.42 Å². The molecule has 0 amide bonds. The van der Waals surface area contributed by atoms with Crippen LogP contribution in [0.2, 0.25) is 0 Å². The van der Waals surface area contributed by atoms with Crippen LogP contribution in [0, 0.1) is 29.2 Å². The maximum Gasteiger partial charge on any atom is 0.0906 e. The van der Waals surface area contributed by atoms with Gasteiger partial charge in [-0.15, -0.1) is 11.5 Å². The van der Waals surface area contributed by atoms with Crippen molar-refractivity contribution in [3.8, 4) is 11.5 Å². The average molecular weight is 335 g/mol. The van der Waals surface area contributed by atoms with Crippen LogP contribution in [-0.4, -0.2) is 10.2 Å². The minimum atomic E-state index is 0.871. The van der Waals surface area contributed by atoms with Crippen LogP contribution in [-0.2, 0) is 0 Å². The van der Waals surface area contributed by atoms with E-state index in [-0.39, 0.29) is 0 Å². The summed E-state index contributed by atoms with van der Waals surface area (Å²) < 4.78 is 0. The summed E-state index contributed by atoms with van der Waals surface area (Å²) in [6, 6.07) is 0. The number of rotatable bonds is 13. The maximum absolute atomic E-state index is 3.17. The van der Waals surface area contributed by atoms with Gasteiger partial charge in [-0.1, -0.05) is 84.3 Å². The van der Waals surface area contributed by atoms with Gasteiger partial charge in [-0.25, -0.2) is 0 Å². The van der Waals surface area contributed by atoms with E-state index in [2.05, 4.69) is 52.2 Å². The molecule has 134 valence electrons. The lowest BCUT2D eigenvalue weighted by Crippen LogP contribution is -2.00. The van der Waals surface area contributed by atoms with E-state index in [1.54, 1.807) is 0 Å². The molecule has 0 aromatic rings. The van der Waals surface area contributed by atoms with Crippen LogP contribution in [0.15, 0.2) is 11.6 Å². The van der Waals surface area contributed by atoms with Gasteiger partial charge in [-0.05, 0) is 37.5 Å². The Hall–Kier alpha value is -0.483. The quantitative estimate of drug-likeness (QED) is 0.217. The molecule has 0 spiro atoms. The molecule has 0 N–H and O–H groups in total. The van der Waals surface area contributed by atoms with Gasteiger partial charge in [0.2, 0.25) is 0 Å². The van der Waals surface area contributed by atoms with Gasteiger partial charge in [0.15, 0.2) is 0 Å². The third-order valence-electron chi connectivity index (χ3n) is 4.87. The first-order valence-electron chi connectivity index (χ1n) is 10.0. The Morgan fingerprint density at radius 3 is 1.91 bits per heavy atom. The zero-order valence-corrected chi connectivity index (χ0v) is 18.9. The highest BCUT2D eigenvalue weighted by molar-refractivity contribution is 6.22. The van der Waals surface area contributed by atoms with Crippen LogP contribution in [0.1, 0.15) is 98.8 Å². The van der Waals surface area contributed by atoms with Crippen molar-refractivity contribution < 1.29 is 0 Å². The SMILES string of the molecule is CC(=CCC#C[SiH3])CCCC(C)CCCC(C)CCCC(C)C. The highest BCUT2D eigenvalue weighted by atomic mass is 28.1. The standard InChI is InChI=1S/C22H42Si/c1-19(2)11-8-13-21(4)15-10-17-22(5)16-9-14-20(3)12-6-7-18-23/h12,19,21-22H,6,8-11,13-17H2,1-5,23H3. The van der Waals surface area contributed by atoms with Crippen molar-refractivity contribution >= 4 is 10.2 Å². The van der Waals surface area contributed by atoms with E-state index < -0.39 is 0 Å². The highest BCUT2D eigenvalue weighted by Gasteiger charge is 2.06. The van der Waals surface area contributed by atoms with Crippen LogP contribution in [0.4, 0.5) is 0 Å². The summed E-state index contributed by atoms with van der Waals surface area (Å²) in [7, 11) is 1.01. The Balaban J connectivity index is 3.60. The van der Waals surface area contributed by atoms with E-state index in [9.17, 15) is 0 Å². The van der Waals surface area contributed by atoms with Crippen molar-refractivity contribution in [2.24, 2.45) is 17.8 Å². The Morgan fingerprint density at radius 1 is 0.870 bits per heavy atom. The second kappa shape index (κ2) is 15.1. The third-order valence-corrected chi connectivity index (χ3v) is 5.22. The number of hydrogen-bond donors (Lipinski definition) is 0. The maximum atomic E-state index is 3.17. The third kappa shape index (κ3) is 16.2. The molecule has 0 aromatic carbocycles. The largest absolute Gasteiger partial charge is 0.143 e. The van der Waals surface area contributed by atoms with Gasteiger partial charge < -0.3 is 0 Å². The van der Waals surface area contributed by atoms with E-state index in [1.165, 1.54) is 63.4 Å². The molecule has 0 aliphatic carbocycles. The van der Waals surface area contributed by atoms with Crippen molar-refractivity contribution in [3.63, 3.8) is 0 Å². The van der Waals surface area contributed by atoms with Gasteiger partial charge in [0.25, 0.3) is 0 Å². The summed E-state index contributed by atoms with van der Waals surface area (Å²) in [5.41, 5.74) is 4.62. The van der Waals surface area contributed by atoms with Crippen molar-refractivity contribution in [1.29, 1.82) is 0 Å². The zero-order valence-electron chi connectivity index (χ0n) is 16.9. The monoisotopic (exact) mass is 334 g/mol. The summed E-state index contributed by atoms with van der Waals surface area (Å²) in [4.78, 5) is 0. The van der Waals surface area contributed by atoms with E-state index in [1.807, 2.05) is 0 Å². The first kappa shape index (κ1) is 22.5. The molecule has 1 heteroatoms. The molecule has 0 saturated carbocycles. The molecule has 0 bridgehead atoms. The molecule has 2 unspecified atom stereocenters. The van der Waals surface area contributed by atoms with Gasteiger partial charge in [-0.2, -0.15) is 0 Å². The topological polar surface area (TPSA) is 0 Å². The lowest BCUT2D eigenvalue weighted by molar-refractivity contribution is 0.389. The zero-order chi connectivity index (χ0) is 17.5. The molecule has 0 nitrogen and oxygen atoms in total. The van der Waals surface area contributed by atoms with Crippen LogP contribution in [0.25, 0.3) is 0 Å². The first-order chi connectivity index (χ1) is 11.0.